The molecule has 0 bridgehead atoms. The summed E-state index contributed by atoms with van der Waals surface area (Å²) in [5.41, 5.74) is 4.00. The van der Waals surface area contributed by atoms with Crippen LogP contribution in [0.3, 0.4) is 0 Å². The van der Waals surface area contributed by atoms with Crippen LogP contribution in [0.4, 0.5) is 0 Å². The first-order chi connectivity index (χ1) is 23.1. The van der Waals surface area contributed by atoms with Crippen LogP contribution in [0.5, 0.6) is 11.5 Å². The van der Waals surface area contributed by atoms with Gasteiger partial charge in [-0.05, 0) is 51.9 Å². The second-order valence-electron chi connectivity index (χ2n) is 11.9. The van der Waals surface area contributed by atoms with Crippen LogP contribution in [0.1, 0.15) is 34.3 Å². The van der Waals surface area contributed by atoms with E-state index in [4.69, 9.17) is 19.5 Å². The Morgan fingerprint density at radius 3 is 1.79 bits per heavy atom. The molecule has 3 N–H and O–H groups in total. The summed E-state index contributed by atoms with van der Waals surface area (Å²) in [7, 11) is 1.89. The molecule has 0 aliphatic carbocycles. The molecular formula is C40H33N3O4. The molecule has 0 saturated heterocycles. The van der Waals surface area contributed by atoms with E-state index in [1.165, 1.54) is 0 Å². The highest BCUT2D eigenvalue weighted by Gasteiger charge is 2.35. The van der Waals surface area contributed by atoms with E-state index in [0.29, 0.717) is 47.2 Å². The number of phenolic OH excluding ortho intramolecular Hbond substituents is 2. The van der Waals surface area contributed by atoms with E-state index in [0.717, 1.165) is 32.7 Å². The Hall–Kier alpha value is -5.66. The van der Waals surface area contributed by atoms with E-state index in [1.54, 1.807) is 0 Å². The smallest absolute Gasteiger partial charge is 0.221 e. The number of phenols is 2. The highest BCUT2D eigenvalue weighted by atomic mass is 16.5. The van der Waals surface area contributed by atoms with Crippen molar-refractivity contribution in [3.8, 4) is 22.6 Å². The molecule has 1 unspecified atom stereocenters. The fourth-order valence-electron chi connectivity index (χ4n) is 6.75. The zero-order chi connectivity index (χ0) is 31.9. The standard InChI is InChI=1S/C40H33N3O4/c1-41-22-33-36(25-14-6-3-7-15-25)43-40(47-33)31-21-27-17-9-11-19-29(27)35(38(31)45)34-28-18-10-8-16-26(28)20-30(37(34)44)39-42-32(23-46-39)24-12-4-2-5-13-24/h2-21,32-33,36,41,44-45H,22-23H2,1H3/t32-,33?,36+/m0/s1. The number of aromatic hydroxyl groups is 2. The fourth-order valence-corrected chi connectivity index (χ4v) is 6.75. The topological polar surface area (TPSA) is 95.7 Å². The number of nitrogens with one attached hydrogen (secondary N) is 1. The highest BCUT2D eigenvalue weighted by molar-refractivity contribution is 6.16. The summed E-state index contributed by atoms with van der Waals surface area (Å²) in [5, 5.41) is 31.0. The summed E-state index contributed by atoms with van der Waals surface area (Å²) in [4.78, 5) is 9.91. The molecule has 47 heavy (non-hydrogen) atoms. The summed E-state index contributed by atoms with van der Waals surface area (Å²) in [5.74, 6) is 0.692. The highest BCUT2D eigenvalue weighted by Crippen LogP contribution is 2.49. The predicted octanol–water partition coefficient (Wildman–Crippen LogP) is 7.70. The molecule has 0 radical (unpaired) electrons. The summed E-state index contributed by atoms with van der Waals surface area (Å²) in [6.45, 7) is 0.950. The van der Waals surface area contributed by atoms with Gasteiger partial charge in [0.25, 0.3) is 0 Å². The third-order valence-electron chi connectivity index (χ3n) is 9.01. The molecule has 232 valence electrons. The maximum absolute atomic E-state index is 12.3. The van der Waals surface area contributed by atoms with Crippen molar-refractivity contribution in [3.05, 3.63) is 144 Å². The van der Waals surface area contributed by atoms with Crippen molar-refractivity contribution in [2.24, 2.45) is 9.98 Å². The molecule has 6 aromatic carbocycles. The van der Waals surface area contributed by atoms with Crippen LogP contribution in [-0.2, 0) is 9.47 Å². The maximum Gasteiger partial charge on any atom is 0.221 e. The van der Waals surface area contributed by atoms with Crippen molar-refractivity contribution in [2.75, 3.05) is 20.2 Å². The molecule has 2 aliphatic rings. The first-order valence-corrected chi connectivity index (χ1v) is 15.8. The Bertz CT molecular complexity index is 2180. The average molecular weight is 620 g/mol. The van der Waals surface area contributed by atoms with E-state index in [1.807, 2.05) is 128 Å². The molecule has 3 atom stereocenters. The van der Waals surface area contributed by atoms with Gasteiger partial charge < -0.3 is 25.0 Å². The van der Waals surface area contributed by atoms with E-state index >= 15 is 0 Å². The Kier molecular flexibility index (Phi) is 7.31. The van der Waals surface area contributed by atoms with Gasteiger partial charge in [0, 0.05) is 17.7 Å². The van der Waals surface area contributed by atoms with E-state index < -0.39 is 0 Å². The van der Waals surface area contributed by atoms with Crippen LogP contribution in [0.2, 0.25) is 0 Å². The van der Waals surface area contributed by atoms with Crippen LogP contribution in [0, 0.1) is 0 Å². The van der Waals surface area contributed by atoms with Gasteiger partial charge in [-0.1, -0.05) is 109 Å². The molecule has 6 aromatic rings. The van der Waals surface area contributed by atoms with Crippen molar-refractivity contribution in [3.63, 3.8) is 0 Å². The molecule has 0 saturated carbocycles. The van der Waals surface area contributed by atoms with E-state index in [-0.39, 0.29) is 29.7 Å². The fraction of sp³-hybridized carbons (Fsp3) is 0.150. The minimum Gasteiger partial charge on any atom is -0.506 e. The zero-order valence-electron chi connectivity index (χ0n) is 25.8. The summed E-state index contributed by atoms with van der Waals surface area (Å²) in [6.07, 6.45) is -0.264. The molecular weight excluding hydrogens is 586 g/mol. The molecule has 7 nitrogen and oxygen atoms in total. The van der Waals surface area contributed by atoms with Gasteiger partial charge in [0.05, 0.1) is 11.1 Å². The Labute approximate surface area is 272 Å². The first-order valence-electron chi connectivity index (χ1n) is 15.8. The number of aliphatic imine (C=N–C) groups is 2. The minimum absolute atomic E-state index is 0.0155. The summed E-state index contributed by atoms with van der Waals surface area (Å²) in [6, 6.07) is 39.1. The third kappa shape index (κ3) is 5.05. The van der Waals surface area contributed by atoms with E-state index in [2.05, 4.69) is 5.32 Å². The van der Waals surface area contributed by atoms with Crippen LogP contribution in [0.15, 0.2) is 131 Å². The lowest BCUT2D eigenvalue weighted by molar-refractivity contribution is 0.192. The van der Waals surface area contributed by atoms with Gasteiger partial charge in [0.1, 0.15) is 36.3 Å². The quantitative estimate of drug-likeness (QED) is 0.170. The Balaban J connectivity index is 1.33. The Morgan fingerprint density at radius 1 is 0.660 bits per heavy atom. The number of likely N-dealkylation sites (N-methyl/N-ethyl adjacent to an activating group) is 1. The van der Waals surface area contributed by atoms with Crippen LogP contribution in [0.25, 0.3) is 32.7 Å². The van der Waals surface area contributed by atoms with Gasteiger partial charge >= 0.3 is 0 Å². The summed E-state index contributed by atoms with van der Waals surface area (Å²) < 4.78 is 12.6. The lowest BCUT2D eigenvalue weighted by Gasteiger charge is -2.20. The first kappa shape index (κ1) is 28.8. The third-order valence-corrected chi connectivity index (χ3v) is 9.01. The predicted molar refractivity (Wildman–Crippen MR) is 186 cm³/mol. The van der Waals surface area contributed by atoms with E-state index in [9.17, 15) is 10.2 Å². The van der Waals surface area contributed by atoms with Crippen molar-refractivity contribution in [1.29, 1.82) is 0 Å². The second-order valence-corrected chi connectivity index (χ2v) is 11.9. The molecule has 0 fully saturated rings. The Morgan fingerprint density at radius 2 is 1.19 bits per heavy atom. The maximum atomic E-state index is 12.3. The average Bonchev–Trinajstić information content (AvgIpc) is 3.78. The molecule has 0 aromatic heterocycles. The van der Waals surface area contributed by atoms with Crippen LogP contribution >= 0.6 is 0 Å². The largest absolute Gasteiger partial charge is 0.506 e. The lowest BCUT2D eigenvalue weighted by atomic mass is 9.88. The SMILES string of the molecule is CNCC1OC(c2cc3ccccc3c(-c3c(O)c(C4=N[C@H](c5ccccc5)CO4)cc4ccccc34)c2O)=N[C@@H]1c1ccccc1. The van der Waals surface area contributed by atoms with Gasteiger partial charge in [-0.15, -0.1) is 0 Å². The minimum atomic E-state index is -0.264. The summed E-state index contributed by atoms with van der Waals surface area (Å²) >= 11 is 0. The second kappa shape index (κ2) is 11.9. The van der Waals surface area contributed by atoms with Gasteiger partial charge in [-0.2, -0.15) is 0 Å². The number of rotatable bonds is 7. The molecule has 2 aliphatic heterocycles. The number of nitrogens with zero attached hydrogens (tertiary/aromatic N) is 2. The van der Waals surface area contributed by atoms with Crippen LogP contribution in [-0.4, -0.2) is 48.3 Å². The van der Waals surface area contributed by atoms with Crippen molar-refractivity contribution in [2.45, 2.75) is 18.2 Å². The normalized spacial score (nSPS) is 19.0. The molecule has 7 heteroatoms. The lowest BCUT2D eigenvalue weighted by Crippen LogP contribution is -2.29. The number of benzene rings is 6. The molecule has 8 rings (SSSR count). The van der Waals surface area contributed by atoms with Gasteiger partial charge in [0.2, 0.25) is 11.8 Å². The zero-order valence-corrected chi connectivity index (χ0v) is 25.8. The van der Waals surface area contributed by atoms with Crippen molar-refractivity contribution >= 4 is 33.3 Å². The monoisotopic (exact) mass is 619 g/mol. The van der Waals surface area contributed by atoms with Gasteiger partial charge in [0.15, 0.2) is 0 Å². The molecule has 0 amide bonds. The van der Waals surface area contributed by atoms with Gasteiger partial charge in [-0.25, -0.2) is 9.98 Å². The van der Waals surface area contributed by atoms with Crippen LogP contribution < -0.4 is 5.32 Å². The van der Waals surface area contributed by atoms with Crippen molar-refractivity contribution < 1.29 is 19.7 Å². The molecule has 0 spiro atoms. The number of hydrogen-bond donors (Lipinski definition) is 3. The van der Waals surface area contributed by atoms with Gasteiger partial charge in [-0.3, -0.25) is 0 Å². The number of hydrogen-bond acceptors (Lipinski definition) is 7. The number of fused-ring (bicyclic) bond motifs is 2. The van der Waals surface area contributed by atoms with Crippen molar-refractivity contribution in [1.82, 2.24) is 5.32 Å². The number of ether oxygens (including phenoxy) is 2. The molecule has 2 heterocycles.